The van der Waals surface area contributed by atoms with Crippen molar-refractivity contribution in [2.75, 3.05) is 13.2 Å². The van der Waals surface area contributed by atoms with Gasteiger partial charge in [-0.1, -0.05) is 6.92 Å². The van der Waals surface area contributed by atoms with Gasteiger partial charge in [0.1, 0.15) is 17.2 Å². The van der Waals surface area contributed by atoms with Crippen molar-refractivity contribution in [3.63, 3.8) is 0 Å². The molecule has 0 spiro atoms. The number of halogens is 1. The molecule has 3 rings (SSSR count). The molecular weight excluding hydrogens is 269 g/mol. The van der Waals surface area contributed by atoms with Gasteiger partial charge >= 0.3 is 0 Å². The van der Waals surface area contributed by atoms with E-state index in [9.17, 15) is 4.39 Å². The Morgan fingerprint density at radius 2 is 2.24 bits per heavy atom. The molecule has 2 aromatic rings. The van der Waals surface area contributed by atoms with Crippen LogP contribution < -0.4 is 5.32 Å². The van der Waals surface area contributed by atoms with E-state index in [-0.39, 0.29) is 11.9 Å². The van der Waals surface area contributed by atoms with Gasteiger partial charge in [-0.15, -0.1) is 0 Å². The number of ether oxygens (including phenoxy) is 1. The molecule has 3 nitrogen and oxygen atoms in total. The van der Waals surface area contributed by atoms with Crippen molar-refractivity contribution in [1.82, 2.24) is 5.32 Å². The SMILES string of the molecule is CCNC(C1=COCCC1)c1oc2ccc(F)cc2c1C. The molecule has 0 amide bonds. The summed E-state index contributed by atoms with van der Waals surface area (Å²) >= 11 is 0. The zero-order valence-electron chi connectivity index (χ0n) is 12.4. The number of hydrogen-bond acceptors (Lipinski definition) is 3. The van der Waals surface area contributed by atoms with Gasteiger partial charge in [0.2, 0.25) is 0 Å². The maximum absolute atomic E-state index is 13.4. The number of benzene rings is 1. The Hall–Kier alpha value is -1.81. The molecule has 0 saturated carbocycles. The van der Waals surface area contributed by atoms with Gasteiger partial charge < -0.3 is 14.5 Å². The average molecular weight is 289 g/mol. The van der Waals surface area contributed by atoms with Crippen LogP contribution in [0.3, 0.4) is 0 Å². The zero-order valence-corrected chi connectivity index (χ0v) is 12.4. The van der Waals surface area contributed by atoms with Crippen LogP contribution in [0.5, 0.6) is 0 Å². The van der Waals surface area contributed by atoms with E-state index in [1.165, 1.54) is 17.7 Å². The van der Waals surface area contributed by atoms with Gasteiger partial charge in [-0.2, -0.15) is 0 Å². The van der Waals surface area contributed by atoms with Crippen LogP contribution in [0.2, 0.25) is 0 Å². The van der Waals surface area contributed by atoms with Gasteiger partial charge in [0.05, 0.1) is 18.9 Å². The second-order valence-corrected chi connectivity index (χ2v) is 5.39. The van der Waals surface area contributed by atoms with Crippen LogP contribution >= 0.6 is 0 Å². The summed E-state index contributed by atoms with van der Waals surface area (Å²) in [5.74, 6) is 0.618. The lowest BCUT2D eigenvalue weighted by atomic mass is 9.97. The van der Waals surface area contributed by atoms with Crippen LogP contribution in [0.25, 0.3) is 11.0 Å². The topological polar surface area (TPSA) is 34.4 Å². The maximum Gasteiger partial charge on any atom is 0.134 e. The first-order valence-corrected chi connectivity index (χ1v) is 7.43. The van der Waals surface area contributed by atoms with Gasteiger partial charge in [0.25, 0.3) is 0 Å². The predicted molar refractivity (Wildman–Crippen MR) is 80.6 cm³/mol. The third-order valence-corrected chi connectivity index (χ3v) is 3.94. The monoisotopic (exact) mass is 289 g/mol. The van der Waals surface area contributed by atoms with E-state index in [4.69, 9.17) is 9.15 Å². The number of rotatable bonds is 4. The van der Waals surface area contributed by atoms with Crippen molar-refractivity contribution in [2.24, 2.45) is 0 Å². The van der Waals surface area contributed by atoms with Crippen LogP contribution in [0.15, 0.2) is 34.5 Å². The summed E-state index contributed by atoms with van der Waals surface area (Å²) in [4.78, 5) is 0. The highest BCUT2D eigenvalue weighted by Crippen LogP contribution is 2.35. The summed E-state index contributed by atoms with van der Waals surface area (Å²) in [6.45, 7) is 5.64. The number of nitrogens with one attached hydrogen (secondary N) is 1. The molecule has 1 aromatic carbocycles. The second kappa shape index (κ2) is 5.90. The van der Waals surface area contributed by atoms with E-state index >= 15 is 0 Å². The Morgan fingerprint density at radius 3 is 2.95 bits per heavy atom. The molecule has 1 atom stereocenters. The Labute approximate surface area is 123 Å². The average Bonchev–Trinajstić information content (AvgIpc) is 2.82. The van der Waals surface area contributed by atoms with Gasteiger partial charge in [0.15, 0.2) is 0 Å². The van der Waals surface area contributed by atoms with Gasteiger partial charge in [0, 0.05) is 10.9 Å². The Balaban J connectivity index is 2.06. The number of furan rings is 1. The number of hydrogen-bond donors (Lipinski definition) is 1. The normalized spacial score (nSPS) is 16.6. The van der Waals surface area contributed by atoms with E-state index in [1.807, 2.05) is 13.2 Å². The molecule has 1 N–H and O–H groups in total. The number of fused-ring (bicyclic) bond motifs is 1. The molecule has 4 heteroatoms. The van der Waals surface area contributed by atoms with Crippen molar-refractivity contribution in [3.8, 4) is 0 Å². The molecule has 0 saturated heterocycles. The lowest BCUT2D eigenvalue weighted by Gasteiger charge is -2.23. The summed E-state index contributed by atoms with van der Waals surface area (Å²) in [7, 11) is 0. The van der Waals surface area contributed by atoms with Crippen LogP contribution in [-0.2, 0) is 4.74 Å². The summed E-state index contributed by atoms with van der Waals surface area (Å²) in [6.07, 6.45) is 3.84. The summed E-state index contributed by atoms with van der Waals surface area (Å²) < 4.78 is 24.9. The van der Waals surface area contributed by atoms with Crippen molar-refractivity contribution < 1.29 is 13.5 Å². The highest BCUT2D eigenvalue weighted by atomic mass is 19.1. The fourth-order valence-corrected chi connectivity index (χ4v) is 2.88. The third kappa shape index (κ3) is 2.68. The highest BCUT2D eigenvalue weighted by Gasteiger charge is 2.24. The fourth-order valence-electron chi connectivity index (χ4n) is 2.88. The van der Waals surface area contributed by atoms with E-state index in [2.05, 4.69) is 12.2 Å². The fraction of sp³-hybridized carbons (Fsp3) is 0.412. The second-order valence-electron chi connectivity index (χ2n) is 5.39. The summed E-state index contributed by atoms with van der Waals surface area (Å²) in [6, 6.07) is 4.65. The molecule has 0 fully saturated rings. The highest BCUT2D eigenvalue weighted by molar-refractivity contribution is 5.82. The van der Waals surface area contributed by atoms with Gasteiger partial charge in [-0.3, -0.25) is 0 Å². The minimum Gasteiger partial charge on any atom is -0.501 e. The lowest BCUT2D eigenvalue weighted by Crippen LogP contribution is -2.24. The largest absolute Gasteiger partial charge is 0.501 e. The Bertz CT molecular complexity index is 675. The summed E-state index contributed by atoms with van der Waals surface area (Å²) in [5, 5.41) is 4.29. The molecule has 2 heterocycles. The molecule has 1 unspecified atom stereocenters. The van der Waals surface area contributed by atoms with E-state index in [0.29, 0.717) is 0 Å². The van der Waals surface area contributed by atoms with Gasteiger partial charge in [-0.05, 0) is 50.1 Å². The molecule has 0 bridgehead atoms. The number of likely N-dealkylation sites (N-methyl/N-ethyl adjacent to an activating group) is 1. The minimum absolute atomic E-state index is 0.00855. The maximum atomic E-state index is 13.4. The smallest absolute Gasteiger partial charge is 0.134 e. The van der Waals surface area contributed by atoms with E-state index in [1.54, 1.807) is 6.07 Å². The molecule has 21 heavy (non-hydrogen) atoms. The van der Waals surface area contributed by atoms with Crippen molar-refractivity contribution in [1.29, 1.82) is 0 Å². The Kier molecular flexibility index (Phi) is 3.97. The van der Waals surface area contributed by atoms with Crippen molar-refractivity contribution in [3.05, 3.63) is 47.2 Å². The first kappa shape index (κ1) is 14.1. The quantitative estimate of drug-likeness (QED) is 0.915. The van der Waals surface area contributed by atoms with Crippen LogP contribution in [0, 0.1) is 12.7 Å². The molecule has 1 aliphatic rings. The van der Waals surface area contributed by atoms with Crippen LogP contribution in [0.4, 0.5) is 4.39 Å². The first-order valence-electron chi connectivity index (χ1n) is 7.43. The first-order chi connectivity index (χ1) is 10.2. The molecule has 1 aliphatic heterocycles. The van der Waals surface area contributed by atoms with Crippen molar-refractivity contribution in [2.45, 2.75) is 32.7 Å². The summed E-state index contributed by atoms with van der Waals surface area (Å²) in [5.41, 5.74) is 2.90. The standard InChI is InChI=1S/C17H20FNO2/c1-3-19-16(12-5-4-8-20-10-12)17-11(2)14-9-13(18)6-7-15(14)21-17/h6-7,9-10,16,19H,3-5,8H2,1-2H3. The molecule has 112 valence electrons. The van der Waals surface area contributed by atoms with Crippen molar-refractivity contribution >= 4 is 11.0 Å². The molecule has 0 aliphatic carbocycles. The molecule has 1 aromatic heterocycles. The van der Waals surface area contributed by atoms with Gasteiger partial charge in [-0.25, -0.2) is 4.39 Å². The van der Waals surface area contributed by atoms with E-state index < -0.39 is 0 Å². The lowest BCUT2D eigenvalue weighted by molar-refractivity contribution is 0.218. The Morgan fingerprint density at radius 1 is 1.38 bits per heavy atom. The third-order valence-electron chi connectivity index (χ3n) is 3.94. The van der Waals surface area contributed by atoms with Crippen LogP contribution in [-0.4, -0.2) is 13.2 Å². The number of aryl methyl sites for hydroxylation is 1. The molecular formula is C17H20FNO2. The van der Waals surface area contributed by atoms with Crippen LogP contribution in [0.1, 0.15) is 37.1 Å². The predicted octanol–water partition coefficient (Wildman–Crippen LogP) is 4.23. The zero-order chi connectivity index (χ0) is 14.8. The molecule has 0 radical (unpaired) electrons. The minimum atomic E-state index is -0.238. The van der Waals surface area contributed by atoms with E-state index in [0.717, 1.165) is 48.3 Å².